The second-order valence-corrected chi connectivity index (χ2v) is 7.39. The van der Waals surface area contributed by atoms with Crippen molar-refractivity contribution in [3.8, 4) is 11.5 Å². The zero-order valence-corrected chi connectivity index (χ0v) is 14.4. The molecule has 0 amide bonds. The normalized spacial score (nSPS) is 24.3. The summed E-state index contributed by atoms with van der Waals surface area (Å²) in [6, 6.07) is 18.6. The number of ether oxygens (including phenoxy) is 1. The molecule has 0 N–H and O–H groups in total. The van der Waals surface area contributed by atoms with Gasteiger partial charge in [0, 0.05) is 13.1 Å². The molecule has 126 valence electrons. The number of likely N-dealkylation sites (tertiary alicyclic amines) is 1. The molecule has 1 saturated carbocycles. The highest BCUT2D eigenvalue weighted by Crippen LogP contribution is 2.36. The monoisotopic (exact) mass is 321 g/mol. The topological polar surface area (TPSA) is 12.5 Å². The van der Waals surface area contributed by atoms with Gasteiger partial charge >= 0.3 is 0 Å². The van der Waals surface area contributed by atoms with Gasteiger partial charge < -0.3 is 4.74 Å². The molecule has 0 spiro atoms. The minimum absolute atomic E-state index is 0.901. The molecule has 2 nitrogen and oxygen atoms in total. The first-order chi connectivity index (χ1) is 11.9. The van der Waals surface area contributed by atoms with Crippen molar-refractivity contribution in [1.82, 2.24) is 4.90 Å². The molecule has 1 heterocycles. The maximum Gasteiger partial charge on any atom is 0.127 e. The van der Waals surface area contributed by atoms with Gasteiger partial charge in [-0.25, -0.2) is 0 Å². The molecule has 2 atom stereocenters. The van der Waals surface area contributed by atoms with Crippen LogP contribution in [0.5, 0.6) is 11.5 Å². The largest absolute Gasteiger partial charge is 0.457 e. The smallest absolute Gasteiger partial charge is 0.127 e. The highest BCUT2D eigenvalue weighted by molar-refractivity contribution is 5.33. The third-order valence-corrected chi connectivity index (χ3v) is 5.66. The summed E-state index contributed by atoms with van der Waals surface area (Å²) in [6.07, 6.45) is 7.21. The Balaban J connectivity index is 1.39. The molecule has 2 aliphatic rings. The molecule has 1 aliphatic carbocycles. The molecule has 2 fully saturated rings. The zero-order valence-electron chi connectivity index (χ0n) is 14.4. The fourth-order valence-electron chi connectivity index (χ4n) is 4.41. The second kappa shape index (κ2) is 7.40. The van der Waals surface area contributed by atoms with Gasteiger partial charge in [-0.05, 0) is 61.1 Å². The van der Waals surface area contributed by atoms with E-state index in [1.54, 1.807) is 0 Å². The van der Waals surface area contributed by atoms with Crippen molar-refractivity contribution in [2.24, 2.45) is 11.8 Å². The minimum atomic E-state index is 0.901. The van der Waals surface area contributed by atoms with Crippen molar-refractivity contribution in [2.45, 2.75) is 38.6 Å². The Bertz CT molecular complexity index is 654. The predicted octanol–water partition coefficient (Wildman–Crippen LogP) is 5.49. The van der Waals surface area contributed by atoms with Gasteiger partial charge in [0.25, 0.3) is 0 Å². The van der Waals surface area contributed by atoms with Gasteiger partial charge in [0.1, 0.15) is 11.5 Å². The van der Waals surface area contributed by atoms with Gasteiger partial charge in [0.05, 0.1) is 0 Å². The van der Waals surface area contributed by atoms with Crippen LogP contribution >= 0.6 is 0 Å². The van der Waals surface area contributed by atoms with Crippen LogP contribution in [0.4, 0.5) is 0 Å². The number of hydrogen-bond acceptors (Lipinski definition) is 2. The van der Waals surface area contributed by atoms with Crippen LogP contribution < -0.4 is 4.74 Å². The average Bonchev–Trinajstić information content (AvgIpc) is 2.63. The van der Waals surface area contributed by atoms with Gasteiger partial charge in [0.2, 0.25) is 0 Å². The second-order valence-electron chi connectivity index (χ2n) is 7.39. The van der Waals surface area contributed by atoms with Gasteiger partial charge in [-0.1, -0.05) is 49.6 Å². The summed E-state index contributed by atoms with van der Waals surface area (Å²) < 4.78 is 5.98. The molecule has 0 aromatic heterocycles. The van der Waals surface area contributed by atoms with Crippen LogP contribution in [0, 0.1) is 11.8 Å². The number of fused-ring (bicyclic) bond motifs is 1. The highest BCUT2D eigenvalue weighted by Gasteiger charge is 2.30. The fraction of sp³-hybridized carbons (Fsp3) is 0.455. The Morgan fingerprint density at radius 3 is 2.50 bits per heavy atom. The van der Waals surface area contributed by atoms with Crippen LogP contribution in [0.1, 0.15) is 37.7 Å². The van der Waals surface area contributed by atoms with Crippen LogP contribution in [-0.2, 0) is 6.54 Å². The number of benzene rings is 2. The quantitative estimate of drug-likeness (QED) is 0.738. The number of nitrogens with zero attached hydrogens (tertiary/aromatic N) is 1. The predicted molar refractivity (Wildman–Crippen MR) is 98.3 cm³/mol. The van der Waals surface area contributed by atoms with Crippen molar-refractivity contribution in [3.05, 3.63) is 60.2 Å². The molecule has 2 aromatic rings. The van der Waals surface area contributed by atoms with Crippen molar-refractivity contribution >= 4 is 0 Å². The molecule has 4 rings (SSSR count). The summed E-state index contributed by atoms with van der Waals surface area (Å²) in [5.74, 6) is 3.78. The van der Waals surface area contributed by atoms with E-state index in [9.17, 15) is 0 Å². The third-order valence-electron chi connectivity index (χ3n) is 5.66. The third kappa shape index (κ3) is 3.81. The van der Waals surface area contributed by atoms with Crippen molar-refractivity contribution in [1.29, 1.82) is 0 Å². The molecule has 1 aliphatic heterocycles. The molecule has 0 bridgehead atoms. The van der Waals surface area contributed by atoms with Gasteiger partial charge in [-0.15, -0.1) is 0 Å². The van der Waals surface area contributed by atoms with E-state index in [-0.39, 0.29) is 0 Å². The first-order valence-electron chi connectivity index (χ1n) is 9.41. The SMILES string of the molecule is c1ccc(Oc2cccc(CN3CCC4CCCCC4C3)c2)cc1. The maximum atomic E-state index is 5.98. The van der Waals surface area contributed by atoms with Gasteiger partial charge in [0.15, 0.2) is 0 Å². The van der Waals surface area contributed by atoms with E-state index >= 15 is 0 Å². The molecule has 1 saturated heterocycles. The molecule has 2 unspecified atom stereocenters. The Kier molecular flexibility index (Phi) is 4.84. The first-order valence-corrected chi connectivity index (χ1v) is 9.41. The van der Waals surface area contributed by atoms with E-state index in [0.717, 1.165) is 29.9 Å². The van der Waals surface area contributed by atoms with Crippen LogP contribution in [0.3, 0.4) is 0 Å². The Morgan fingerprint density at radius 1 is 0.833 bits per heavy atom. The summed E-state index contributed by atoms with van der Waals surface area (Å²) in [4.78, 5) is 2.65. The highest BCUT2D eigenvalue weighted by atomic mass is 16.5. The maximum absolute atomic E-state index is 5.98. The zero-order chi connectivity index (χ0) is 16.2. The lowest BCUT2D eigenvalue weighted by atomic mass is 9.75. The van der Waals surface area contributed by atoms with Crippen molar-refractivity contribution < 1.29 is 4.74 Å². The molecule has 24 heavy (non-hydrogen) atoms. The van der Waals surface area contributed by atoms with Gasteiger partial charge in [-0.2, -0.15) is 0 Å². The minimum Gasteiger partial charge on any atom is -0.457 e. The number of hydrogen-bond donors (Lipinski definition) is 0. The van der Waals surface area contributed by atoms with E-state index in [2.05, 4.69) is 23.1 Å². The lowest BCUT2D eigenvalue weighted by molar-refractivity contribution is 0.0820. The van der Waals surface area contributed by atoms with E-state index in [1.807, 2.05) is 36.4 Å². The van der Waals surface area contributed by atoms with Crippen molar-refractivity contribution in [3.63, 3.8) is 0 Å². The summed E-state index contributed by atoms with van der Waals surface area (Å²) in [6.45, 7) is 3.59. The Labute approximate surface area is 145 Å². The molecule has 2 heteroatoms. The molecular formula is C22H27NO. The van der Waals surface area contributed by atoms with Gasteiger partial charge in [-0.3, -0.25) is 4.90 Å². The van der Waals surface area contributed by atoms with E-state index in [0.29, 0.717) is 0 Å². The lowest BCUT2D eigenvalue weighted by Crippen LogP contribution is -2.41. The molecular weight excluding hydrogens is 294 g/mol. The Hall–Kier alpha value is -1.80. The summed E-state index contributed by atoms with van der Waals surface area (Å²) in [5.41, 5.74) is 1.36. The van der Waals surface area contributed by atoms with Crippen LogP contribution in [0.25, 0.3) is 0 Å². The summed E-state index contributed by atoms with van der Waals surface area (Å²) in [5, 5.41) is 0. The van der Waals surface area contributed by atoms with Crippen LogP contribution in [-0.4, -0.2) is 18.0 Å². The van der Waals surface area contributed by atoms with E-state index < -0.39 is 0 Å². The first kappa shape index (κ1) is 15.7. The van der Waals surface area contributed by atoms with Crippen LogP contribution in [0.15, 0.2) is 54.6 Å². The lowest BCUT2D eigenvalue weighted by Gasteiger charge is -2.41. The summed E-state index contributed by atoms with van der Waals surface area (Å²) in [7, 11) is 0. The Morgan fingerprint density at radius 2 is 1.62 bits per heavy atom. The van der Waals surface area contributed by atoms with E-state index in [4.69, 9.17) is 4.74 Å². The molecule has 2 aromatic carbocycles. The fourth-order valence-corrected chi connectivity index (χ4v) is 4.41. The standard InChI is InChI=1S/C22H27NO/c1-2-10-21(11-3-1)24-22-12-6-7-18(15-22)16-23-14-13-19-8-4-5-9-20(19)17-23/h1-3,6-7,10-12,15,19-20H,4-5,8-9,13-14,16-17H2. The number of para-hydroxylation sites is 1. The number of piperidine rings is 1. The number of rotatable bonds is 4. The average molecular weight is 321 g/mol. The molecule has 0 radical (unpaired) electrons. The van der Waals surface area contributed by atoms with Crippen LogP contribution in [0.2, 0.25) is 0 Å². The summed E-state index contributed by atoms with van der Waals surface area (Å²) >= 11 is 0. The van der Waals surface area contributed by atoms with E-state index in [1.165, 1.54) is 50.8 Å². The van der Waals surface area contributed by atoms with Crippen molar-refractivity contribution in [2.75, 3.05) is 13.1 Å².